The topological polar surface area (TPSA) is 38.3 Å². The van der Waals surface area contributed by atoms with Gasteiger partial charge in [-0.05, 0) is 19.4 Å². The molecule has 0 aromatic heterocycles. The summed E-state index contributed by atoms with van der Waals surface area (Å²) in [5.74, 6) is -0.113. The Bertz CT molecular complexity index is 219. The summed E-state index contributed by atoms with van der Waals surface area (Å²) in [6, 6.07) is -0.107. The molecule has 3 nitrogen and oxygen atoms in total. The van der Waals surface area contributed by atoms with Gasteiger partial charge in [0.25, 0.3) is 0 Å². The summed E-state index contributed by atoms with van der Waals surface area (Å²) in [6.07, 6.45) is 13.6. The average Bonchev–Trinajstić information content (AvgIpc) is 2.47. The van der Waals surface area contributed by atoms with Gasteiger partial charge in [0.15, 0.2) is 0 Å². The largest absolute Gasteiger partial charge is 0.468 e. The van der Waals surface area contributed by atoms with Crippen molar-refractivity contribution >= 4 is 5.97 Å². The van der Waals surface area contributed by atoms with Crippen LogP contribution in [-0.2, 0) is 9.53 Å². The van der Waals surface area contributed by atoms with Gasteiger partial charge < -0.3 is 10.1 Å². The Morgan fingerprint density at radius 2 is 1.45 bits per heavy atom. The van der Waals surface area contributed by atoms with Gasteiger partial charge >= 0.3 is 5.97 Å². The van der Waals surface area contributed by atoms with Crippen molar-refractivity contribution in [1.29, 1.82) is 0 Å². The number of methoxy groups -OCH3 is 1. The van der Waals surface area contributed by atoms with Crippen molar-refractivity contribution in [2.75, 3.05) is 13.7 Å². The molecule has 0 spiro atoms. The lowest BCUT2D eigenvalue weighted by Gasteiger charge is -2.15. The van der Waals surface area contributed by atoms with Crippen LogP contribution in [0, 0.1) is 0 Å². The van der Waals surface area contributed by atoms with Gasteiger partial charge in [0, 0.05) is 0 Å². The molecule has 0 aliphatic rings. The first-order valence-electron chi connectivity index (χ1n) is 8.57. The third kappa shape index (κ3) is 11.3. The van der Waals surface area contributed by atoms with Crippen LogP contribution in [0.5, 0.6) is 0 Å². The standard InChI is InChI=1S/C17H35NO2/c1-4-6-8-9-10-11-12-13-15-18-16(14-7-5-2)17(19)20-3/h16,18H,4-15H2,1-3H3. The zero-order valence-electron chi connectivity index (χ0n) is 13.9. The highest BCUT2D eigenvalue weighted by molar-refractivity contribution is 5.75. The highest BCUT2D eigenvalue weighted by Crippen LogP contribution is 2.08. The summed E-state index contributed by atoms with van der Waals surface area (Å²) >= 11 is 0. The summed E-state index contributed by atoms with van der Waals surface area (Å²) in [6.45, 7) is 5.33. The molecule has 0 bridgehead atoms. The normalized spacial score (nSPS) is 12.3. The molecule has 3 heteroatoms. The van der Waals surface area contributed by atoms with Gasteiger partial charge in [-0.25, -0.2) is 0 Å². The molecule has 0 saturated carbocycles. The molecule has 0 aromatic rings. The van der Waals surface area contributed by atoms with Crippen LogP contribution in [0.3, 0.4) is 0 Å². The van der Waals surface area contributed by atoms with Crippen LogP contribution in [0.4, 0.5) is 0 Å². The summed E-state index contributed by atoms with van der Waals surface area (Å²) in [5.41, 5.74) is 0. The van der Waals surface area contributed by atoms with E-state index in [1.807, 2.05) is 0 Å². The Balaban J connectivity index is 3.50. The molecule has 0 radical (unpaired) electrons. The fourth-order valence-electron chi connectivity index (χ4n) is 2.39. The quantitative estimate of drug-likeness (QED) is 0.378. The number of unbranched alkanes of at least 4 members (excludes halogenated alkanes) is 8. The molecule has 0 fully saturated rings. The van der Waals surface area contributed by atoms with Crippen LogP contribution in [0.2, 0.25) is 0 Å². The Kier molecular flexibility index (Phi) is 14.4. The average molecular weight is 285 g/mol. The Labute approximate surface area is 125 Å². The van der Waals surface area contributed by atoms with E-state index in [0.717, 1.165) is 32.2 Å². The number of ether oxygens (including phenoxy) is 1. The summed E-state index contributed by atoms with van der Waals surface area (Å²) in [5, 5.41) is 3.34. The predicted molar refractivity (Wildman–Crippen MR) is 85.9 cm³/mol. The monoisotopic (exact) mass is 285 g/mol. The zero-order chi connectivity index (χ0) is 15.1. The van der Waals surface area contributed by atoms with Crippen molar-refractivity contribution < 1.29 is 9.53 Å². The lowest BCUT2D eigenvalue weighted by molar-refractivity contribution is -0.143. The van der Waals surface area contributed by atoms with Gasteiger partial charge in [-0.1, -0.05) is 71.6 Å². The Hall–Kier alpha value is -0.570. The Morgan fingerprint density at radius 1 is 0.900 bits per heavy atom. The second-order valence-corrected chi connectivity index (χ2v) is 5.65. The maximum Gasteiger partial charge on any atom is 0.322 e. The van der Waals surface area contributed by atoms with Gasteiger partial charge in [0.05, 0.1) is 7.11 Å². The van der Waals surface area contributed by atoms with Crippen molar-refractivity contribution in [3.05, 3.63) is 0 Å². The van der Waals surface area contributed by atoms with Gasteiger partial charge in [0.1, 0.15) is 6.04 Å². The number of carbonyl (C=O) groups is 1. The zero-order valence-corrected chi connectivity index (χ0v) is 13.9. The second-order valence-electron chi connectivity index (χ2n) is 5.65. The minimum Gasteiger partial charge on any atom is -0.468 e. The van der Waals surface area contributed by atoms with Crippen molar-refractivity contribution in [2.24, 2.45) is 0 Å². The minimum absolute atomic E-state index is 0.107. The second kappa shape index (κ2) is 14.8. The van der Waals surface area contributed by atoms with E-state index in [1.54, 1.807) is 0 Å². The molecule has 0 heterocycles. The smallest absolute Gasteiger partial charge is 0.322 e. The van der Waals surface area contributed by atoms with Crippen LogP contribution in [-0.4, -0.2) is 25.7 Å². The molecule has 1 unspecified atom stereocenters. The van der Waals surface area contributed by atoms with Gasteiger partial charge in [-0.15, -0.1) is 0 Å². The lowest BCUT2D eigenvalue weighted by atomic mass is 10.1. The number of rotatable bonds is 14. The van der Waals surface area contributed by atoms with Gasteiger partial charge in [0.2, 0.25) is 0 Å². The summed E-state index contributed by atoms with van der Waals surface area (Å²) < 4.78 is 4.84. The number of esters is 1. The highest BCUT2D eigenvalue weighted by Gasteiger charge is 2.16. The molecule has 120 valence electrons. The SMILES string of the molecule is CCCCCCCCCCNC(CCCC)C(=O)OC. The molecular formula is C17H35NO2. The first-order chi connectivity index (χ1) is 9.76. The maximum atomic E-state index is 11.6. The van der Waals surface area contributed by atoms with Crippen molar-refractivity contribution in [2.45, 2.75) is 90.5 Å². The molecule has 0 aliphatic carbocycles. The van der Waals surface area contributed by atoms with Crippen molar-refractivity contribution in [1.82, 2.24) is 5.32 Å². The summed E-state index contributed by atoms with van der Waals surface area (Å²) in [4.78, 5) is 11.6. The van der Waals surface area contributed by atoms with E-state index < -0.39 is 0 Å². The van der Waals surface area contributed by atoms with Crippen LogP contribution >= 0.6 is 0 Å². The van der Waals surface area contributed by atoms with Crippen molar-refractivity contribution in [3.8, 4) is 0 Å². The fourth-order valence-corrected chi connectivity index (χ4v) is 2.39. The fraction of sp³-hybridized carbons (Fsp3) is 0.941. The molecule has 0 saturated heterocycles. The number of hydrogen-bond donors (Lipinski definition) is 1. The molecule has 0 aliphatic heterocycles. The summed E-state index contributed by atoms with van der Waals surface area (Å²) in [7, 11) is 1.47. The molecule has 0 amide bonds. The predicted octanol–water partition coefficient (Wildman–Crippen LogP) is 4.45. The van der Waals surface area contributed by atoms with Crippen LogP contribution in [0.15, 0.2) is 0 Å². The van der Waals surface area contributed by atoms with Gasteiger partial charge in [-0.2, -0.15) is 0 Å². The lowest BCUT2D eigenvalue weighted by Crippen LogP contribution is -2.38. The highest BCUT2D eigenvalue weighted by atomic mass is 16.5. The first-order valence-corrected chi connectivity index (χ1v) is 8.57. The molecule has 1 N–H and O–H groups in total. The third-order valence-electron chi connectivity index (χ3n) is 3.75. The third-order valence-corrected chi connectivity index (χ3v) is 3.75. The van der Waals surface area contributed by atoms with E-state index in [4.69, 9.17) is 4.74 Å². The number of nitrogens with one attached hydrogen (secondary N) is 1. The van der Waals surface area contributed by atoms with Crippen LogP contribution in [0.25, 0.3) is 0 Å². The van der Waals surface area contributed by atoms with E-state index in [-0.39, 0.29) is 12.0 Å². The molecular weight excluding hydrogens is 250 g/mol. The van der Waals surface area contributed by atoms with E-state index in [2.05, 4.69) is 19.2 Å². The number of hydrogen-bond acceptors (Lipinski definition) is 3. The molecule has 20 heavy (non-hydrogen) atoms. The van der Waals surface area contributed by atoms with Crippen LogP contribution in [0.1, 0.15) is 84.5 Å². The van der Waals surface area contributed by atoms with Crippen LogP contribution < -0.4 is 5.32 Å². The molecule has 1 atom stereocenters. The molecule has 0 aromatic carbocycles. The Morgan fingerprint density at radius 3 is 2.00 bits per heavy atom. The maximum absolute atomic E-state index is 11.6. The van der Waals surface area contributed by atoms with E-state index >= 15 is 0 Å². The minimum atomic E-state index is -0.113. The van der Waals surface area contributed by atoms with E-state index in [0.29, 0.717) is 0 Å². The van der Waals surface area contributed by atoms with E-state index in [1.165, 1.54) is 52.1 Å². The number of carbonyl (C=O) groups excluding carboxylic acids is 1. The molecule has 0 rings (SSSR count). The van der Waals surface area contributed by atoms with E-state index in [9.17, 15) is 4.79 Å². The first kappa shape index (κ1) is 19.4. The van der Waals surface area contributed by atoms with Crippen molar-refractivity contribution in [3.63, 3.8) is 0 Å². The van der Waals surface area contributed by atoms with Gasteiger partial charge in [-0.3, -0.25) is 4.79 Å².